The molecule has 1 fully saturated rings. The molecule has 2 rings (SSSR count). The molecule has 1 saturated carbocycles. The number of benzene rings is 1. The normalized spacial score (nSPS) is 24.6. The smallest absolute Gasteiger partial charge is 0.387 e. The fourth-order valence-electron chi connectivity index (χ4n) is 2.65. The highest BCUT2D eigenvalue weighted by Crippen LogP contribution is 2.24. The van der Waals surface area contributed by atoms with E-state index in [2.05, 4.69) is 10.1 Å². The van der Waals surface area contributed by atoms with Crippen molar-refractivity contribution >= 4 is 0 Å². The summed E-state index contributed by atoms with van der Waals surface area (Å²) < 4.78 is 28.8. The zero-order chi connectivity index (χ0) is 14.5. The number of alkyl halides is 2. The van der Waals surface area contributed by atoms with E-state index in [9.17, 15) is 13.9 Å². The predicted molar refractivity (Wildman–Crippen MR) is 72.9 cm³/mol. The fourth-order valence-corrected chi connectivity index (χ4v) is 2.65. The van der Waals surface area contributed by atoms with Crippen molar-refractivity contribution in [3.05, 3.63) is 29.8 Å². The van der Waals surface area contributed by atoms with Crippen molar-refractivity contribution in [1.29, 1.82) is 0 Å². The molecule has 0 saturated heterocycles. The molecule has 1 aliphatic carbocycles. The standard InChI is InChI=1S/C15H21F2NO2/c1-10(18-12-5-7-13(19)8-6-12)11-3-2-4-14(9-11)20-15(16)17/h2-4,9-10,12-13,15,18-19H,5-8H2,1H3. The van der Waals surface area contributed by atoms with Crippen LogP contribution in [0.2, 0.25) is 0 Å². The number of rotatable bonds is 5. The molecule has 0 radical (unpaired) electrons. The first-order valence-electron chi connectivity index (χ1n) is 7.03. The van der Waals surface area contributed by atoms with Crippen molar-refractivity contribution in [2.24, 2.45) is 0 Å². The van der Waals surface area contributed by atoms with Crippen LogP contribution in [-0.2, 0) is 0 Å². The number of halogens is 2. The van der Waals surface area contributed by atoms with Gasteiger partial charge < -0.3 is 15.2 Å². The van der Waals surface area contributed by atoms with Crippen LogP contribution in [-0.4, -0.2) is 23.9 Å². The second-order valence-electron chi connectivity index (χ2n) is 5.34. The molecule has 1 aromatic carbocycles. The Hall–Kier alpha value is -1.20. The monoisotopic (exact) mass is 285 g/mol. The second-order valence-corrected chi connectivity index (χ2v) is 5.34. The highest BCUT2D eigenvalue weighted by Gasteiger charge is 2.21. The van der Waals surface area contributed by atoms with Gasteiger partial charge in [0, 0.05) is 12.1 Å². The SMILES string of the molecule is CC(NC1CCC(O)CC1)c1cccc(OC(F)F)c1. The summed E-state index contributed by atoms with van der Waals surface area (Å²) in [6.07, 6.45) is 3.35. The number of hydrogen-bond acceptors (Lipinski definition) is 3. The Balaban J connectivity index is 1.93. The van der Waals surface area contributed by atoms with Crippen molar-refractivity contribution in [3.8, 4) is 5.75 Å². The van der Waals surface area contributed by atoms with Gasteiger partial charge in [0.2, 0.25) is 0 Å². The summed E-state index contributed by atoms with van der Waals surface area (Å²) in [4.78, 5) is 0. The molecular formula is C15H21F2NO2. The number of nitrogens with one attached hydrogen (secondary N) is 1. The van der Waals surface area contributed by atoms with E-state index < -0.39 is 6.61 Å². The average Bonchev–Trinajstić information content (AvgIpc) is 2.41. The van der Waals surface area contributed by atoms with E-state index in [1.807, 2.05) is 13.0 Å². The minimum absolute atomic E-state index is 0.0662. The lowest BCUT2D eigenvalue weighted by Gasteiger charge is -2.29. The van der Waals surface area contributed by atoms with Gasteiger partial charge in [-0.2, -0.15) is 8.78 Å². The lowest BCUT2D eigenvalue weighted by molar-refractivity contribution is -0.0499. The molecule has 2 N–H and O–H groups in total. The summed E-state index contributed by atoms with van der Waals surface area (Å²) >= 11 is 0. The Morgan fingerprint density at radius 2 is 1.95 bits per heavy atom. The number of aliphatic hydroxyl groups is 1. The van der Waals surface area contributed by atoms with Gasteiger partial charge in [-0.1, -0.05) is 12.1 Å². The van der Waals surface area contributed by atoms with E-state index in [-0.39, 0.29) is 17.9 Å². The van der Waals surface area contributed by atoms with E-state index in [1.165, 1.54) is 6.07 Å². The Kier molecular flexibility index (Phi) is 5.31. The van der Waals surface area contributed by atoms with Crippen LogP contribution in [0, 0.1) is 0 Å². The maximum atomic E-state index is 12.2. The largest absolute Gasteiger partial charge is 0.435 e. The van der Waals surface area contributed by atoms with Crippen LogP contribution in [0.5, 0.6) is 5.75 Å². The van der Waals surface area contributed by atoms with Crippen molar-refractivity contribution in [1.82, 2.24) is 5.32 Å². The molecule has 20 heavy (non-hydrogen) atoms. The quantitative estimate of drug-likeness (QED) is 0.872. The summed E-state index contributed by atoms with van der Waals surface area (Å²) in [6, 6.07) is 7.22. The first-order chi connectivity index (χ1) is 9.54. The Labute approximate surface area is 117 Å². The number of aliphatic hydroxyl groups excluding tert-OH is 1. The van der Waals surface area contributed by atoms with Crippen molar-refractivity contribution in [3.63, 3.8) is 0 Å². The van der Waals surface area contributed by atoms with Gasteiger partial charge in [-0.15, -0.1) is 0 Å². The van der Waals surface area contributed by atoms with Crippen LogP contribution in [0.15, 0.2) is 24.3 Å². The molecule has 0 spiro atoms. The lowest BCUT2D eigenvalue weighted by Crippen LogP contribution is -2.36. The fraction of sp³-hybridized carbons (Fsp3) is 0.600. The van der Waals surface area contributed by atoms with Gasteiger partial charge in [0.05, 0.1) is 6.10 Å². The Morgan fingerprint density at radius 3 is 2.60 bits per heavy atom. The summed E-state index contributed by atoms with van der Waals surface area (Å²) in [7, 11) is 0. The van der Waals surface area contributed by atoms with E-state index in [4.69, 9.17) is 0 Å². The first-order valence-corrected chi connectivity index (χ1v) is 7.03. The van der Waals surface area contributed by atoms with Gasteiger partial charge in [0.15, 0.2) is 0 Å². The van der Waals surface area contributed by atoms with Gasteiger partial charge in [-0.05, 0) is 50.3 Å². The summed E-state index contributed by atoms with van der Waals surface area (Å²) in [6.45, 7) is -0.791. The topological polar surface area (TPSA) is 41.5 Å². The molecule has 5 heteroatoms. The summed E-state index contributed by atoms with van der Waals surface area (Å²) in [5.41, 5.74) is 0.925. The minimum Gasteiger partial charge on any atom is -0.435 e. The van der Waals surface area contributed by atoms with Crippen molar-refractivity contribution in [2.75, 3.05) is 0 Å². The van der Waals surface area contributed by atoms with E-state index in [1.54, 1.807) is 12.1 Å². The molecule has 0 heterocycles. The Morgan fingerprint density at radius 1 is 1.25 bits per heavy atom. The van der Waals surface area contributed by atoms with Crippen LogP contribution < -0.4 is 10.1 Å². The third-order valence-corrected chi connectivity index (χ3v) is 3.77. The van der Waals surface area contributed by atoms with E-state index in [0.717, 1.165) is 31.2 Å². The van der Waals surface area contributed by atoms with Gasteiger partial charge in [0.1, 0.15) is 5.75 Å². The van der Waals surface area contributed by atoms with E-state index in [0.29, 0.717) is 6.04 Å². The molecule has 0 amide bonds. The van der Waals surface area contributed by atoms with Gasteiger partial charge in [-0.25, -0.2) is 0 Å². The van der Waals surface area contributed by atoms with Crippen LogP contribution in [0.1, 0.15) is 44.2 Å². The molecule has 3 nitrogen and oxygen atoms in total. The second kappa shape index (κ2) is 6.99. The maximum Gasteiger partial charge on any atom is 0.387 e. The van der Waals surface area contributed by atoms with Crippen molar-refractivity contribution in [2.45, 2.75) is 57.4 Å². The summed E-state index contributed by atoms with van der Waals surface area (Å²) in [5, 5.41) is 13.0. The molecule has 1 atom stereocenters. The van der Waals surface area contributed by atoms with E-state index >= 15 is 0 Å². The minimum atomic E-state index is -2.80. The average molecular weight is 285 g/mol. The molecule has 112 valence electrons. The maximum absolute atomic E-state index is 12.2. The van der Waals surface area contributed by atoms with Gasteiger partial charge >= 0.3 is 6.61 Å². The van der Waals surface area contributed by atoms with Gasteiger partial charge in [0.25, 0.3) is 0 Å². The highest BCUT2D eigenvalue weighted by atomic mass is 19.3. The van der Waals surface area contributed by atoms with Crippen LogP contribution in [0.25, 0.3) is 0 Å². The Bertz CT molecular complexity index is 420. The molecule has 0 aliphatic heterocycles. The molecule has 1 aromatic rings. The van der Waals surface area contributed by atoms with Crippen LogP contribution in [0.3, 0.4) is 0 Å². The first kappa shape index (κ1) is 15.2. The van der Waals surface area contributed by atoms with Crippen LogP contribution in [0.4, 0.5) is 8.78 Å². The third-order valence-electron chi connectivity index (χ3n) is 3.77. The molecule has 1 aliphatic rings. The molecule has 0 aromatic heterocycles. The van der Waals surface area contributed by atoms with Gasteiger partial charge in [-0.3, -0.25) is 0 Å². The number of hydrogen-bond donors (Lipinski definition) is 2. The highest BCUT2D eigenvalue weighted by molar-refractivity contribution is 5.30. The predicted octanol–water partition coefficient (Wildman–Crippen LogP) is 3.24. The summed E-state index contributed by atoms with van der Waals surface area (Å²) in [5.74, 6) is 0.185. The zero-order valence-electron chi connectivity index (χ0n) is 11.6. The molecule has 0 bridgehead atoms. The molecule has 1 unspecified atom stereocenters. The van der Waals surface area contributed by atoms with Crippen LogP contribution >= 0.6 is 0 Å². The zero-order valence-corrected chi connectivity index (χ0v) is 11.6. The number of ether oxygens (including phenoxy) is 1. The van der Waals surface area contributed by atoms with Crippen molar-refractivity contribution < 1.29 is 18.6 Å². The third kappa shape index (κ3) is 4.42. The lowest BCUT2D eigenvalue weighted by atomic mass is 9.92. The molecular weight excluding hydrogens is 264 g/mol.